The molecule has 1 saturated heterocycles. The molecule has 7 heteroatoms. The van der Waals surface area contributed by atoms with E-state index in [0.717, 1.165) is 23.2 Å². The lowest BCUT2D eigenvalue weighted by molar-refractivity contribution is -0.140. The molecule has 0 spiro atoms. The Balaban J connectivity index is 1.42. The first-order valence-corrected chi connectivity index (χ1v) is 10.1. The Morgan fingerprint density at radius 1 is 1.25 bits per heavy atom. The van der Waals surface area contributed by atoms with E-state index in [1.165, 1.54) is 4.68 Å². The van der Waals surface area contributed by atoms with Gasteiger partial charge in [-0.3, -0.25) is 9.59 Å². The Kier molecular flexibility index (Phi) is 5.02. The van der Waals surface area contributed by atoms with Crippen LogP contribution in [0, 0.1) is 5.92 Å². The maximum Gasteiger partial charge on any atom is 0.266 e. The fourth-order valence-electron chi connectivity index (χ4n) is 4.30. The molecule has 6 nitrogen and oxygen atoms in total. The molecule has 1 aliphatic carbocycles. The van der Waals surface area contributed by atoms with Crippen LogP contribution in [0.25, 0.3) is 0 Å². The molecule has 2 aliphatic rings. The second-order valence-electron chi connectivity index (χ2n) is 7.88. The largest absolute Gasteiger partial charge is 0.385 e. The van der Waals surface area contributed by atoms with Crippen LogP contribution in [0.1, 0.15) is 36.1 Å². The molecule has 148 valence electrons. The number of benzene rings is 1. The summed E-state index contributed by atoms with van der Waals surface area (Å²) in [5, 5.41) is 16.0. The predicted octanol–water partition coefficient (Wildman–Crippen LogP) is 2.05. The molecule has 4 rings (SSSR count). The second kappa shape index (κ2) is 7.33. The topological polar surface area (TPSA) is 75.4 Å². The van der Waals surface area contributed by atoms with Crippen molar-refractivity contribution in [2.45, 2.75) is 37.7 Å². The number of halogens is 1. The van der Waals surface area contributed by atoms with Gasteiger partial charge in [0.15, 0.2) is 0 Å². The summed E-state index contributed by atoms with van der Waals surface area (Å²) in [6.07, 6.45) is 3.03. The maximum atomic E-state index is 13.0. The average molecular weight is 402 g/mol. The maximum absolute atomic E-state index is 13.0. The Morgan fingerprint density at radius 2 is 1.93 bits per heavy atom. The zero-order chi connectivity index (χ0) is 19.9. The molecule has 1 aromatic heterocycles. The van der Waals surface area contributed by atoms with Crippen LogP contribution in [0.15, 0.2) is 35.1 Å². The zero-order valence-electron chi connectivity index (χ0n) is 15.9. The normalized spacial score (nSPS) is 21.2. The van der Waals surface area contributed by atoms with Gasteiger partial charge in [-0.25, -0.2) is 4.68 Å². The van der Waals surface area contributed by atoms with E-state index in [1.54, 1.807) is 25.2 Å². The number of hydrogen-bond donors (Lipinski definition) is 1. The molecule has 1 amide bonds. The Morgan fingerprint density at radius 3 is 2.61 bits per heavy atom. The fourth-order valence-corrected chi connectivity index (χ4v) is 4.43. The third kappa shape index (κ3) is 3.59. The van der Waals surface area contributed by atoms with Gasteiger partial charge in [-0.1, -0.05) is 23.7 Å². The lowest BCUT2D eigenvalue weighted by atomic mass is 9.82. The SMILES string of the molecule is Cn1nc2c(cc1=O)CC(C(=O)N1CCC(O)(c3ccc(Cl)cc3)CC1)CC2. The quantitative estimate of drug-likeness (QED) is 0.835. The number of rotatable bonds is 2. The first-order chi connectivity index (χ1) is 13.4. The van der Waals surface area contributed by atoms with Gasteiger partial charge in [0.05, 0.1) is 11.3 Å². The highest BCUT2D eigenvalue weighted by molar-refractivity contribution is 6.30. The highest BCUT2D eigenvalue weighted by Crippen LogP contribution is 2.34. The summed E-state index contributed by atoms with van der Waals surface area (Å²) in [5.74, 6) is -0.00684. The monoisotopic (exact) mass is 401 g/mol. The molecule has 0 bridgehead atoms. The Labute approximate surface area is 168 Å². The minimum atomic E-state index is -0.920. The molecular formula is C21H24ClN3O3. The number of amides is 1. The van der Waals surface area contributed by atoms with Crippen LogP contribution in [0.3, 0.4) is 0 Å². The van der Waals surface area contributed by atoms with Crippen molar-refractivity contribution in [1.29, 1.82) is 0 Å². The van der Waals surface area contributed by atoms with Crippen molar-refractivity contribution >= 4 is 17.5 Å². The minimum Gasteiger partial charge on any atom is -0.385 e. The van der Waals surface area contributed by atoms with Crippen LogP contribution in [0.4, 0.5) is 0 Å². The zero-order valence-corrected chi connectivity index (χ0v) is 16.7. The number of aromatic nitrogens is 2. The summed E-state index contributed by atoms with van der Waals surface area (Å²) < 4.78 is 1.35. The number of hydrogen-bond acceptors (Lipinski definition) is 4. The van der Waals surface area contributed by atoms with Crippen LogP contribution < -0.4 is 5.56 Å². The van der Waals surface area contributed by atoms with Crippen LogP contribution in [-0.2, 0) is 30.3 Å². The van der Waals surface area contributed by atoms with Crippen molar-refractivity contribution in [2.75, 3.05) is 13.1 Å². The standard InChI is InChI=1S/C21H24ClN3O3/c1-24-19(26)13-15-12-14(2-7-18(15)23-24)20(27)25-10-8-21(28,9-11-25)16-3-5-17(22)6-4-16/h3-6,13-14,28H,2,7-12H2,1H3. The highest BCUT2D eigenvalue weighted by Gasteiger charge is 2.37. The van der Waals surface area contributed by atoms with Crippen LogP contribution in [0.5, 0.6) is 0 Å². The minimum absolute atomic E-state index is 0.115. The summed E-state index contributed by atoms with van der Waals surface area (Å²) in [5.41, 5.74) is 1.59. The molecule has 1 fully saturated rings. The van der Waals surface area contributed by atoms with E-state index in [4.69, 9.17) is 11.6 Å². The molecule has 28 heavy (non-hydrogen) atoms. The van der Waals surface area contributed by atoms with Crippen molar-refractivity contribution < 1.29 is 9.90 Å². The smallest absolute Gasteiger partial charge is 0.266 e. The number of carbonyl (C=O) groups is 1. The summed E-state index contributed by atoms with van der Waals surface area (Å²) in [6, 6.07) is 8.88. The summed E-state index contributed by atoms with van der Waals surface area (Å²) in [4.78, 5) is 26.8. The van der Waals surface area contributed by atoms with Gasteiger partial charge in [-0.05, 0) is 55.4 Å². The Hall–Kier alpha value is -2.18. The molecule has 1 aliphatic heterocycles. The molecule has 1 N–H and O–H groups in total. The molecule has 2 aromatic rings. The van der Waals surface area contributed by atoms with Crippen LogP contribution >= 0.6 is 11.6 Å². The van der Waals surface area contributed by atoms with Crippen LogP contribution in [0.2, 0.25) is 5.02 Å². The van der Waals surface area contributed by atoms with E-state index in [0.29, 0.717) is 43.8 Å². The van der Waals surface area contributed by atoms with E-state index in [-0.39, 0.29) is 17.4 Å². The lowest BCUT2D eigenvalue weighted by Crippen LogP contribution is -2.48. The molecule has 2 heterocycles. The van der Waals surface area contributed by atoms with E-state index < -0.39 is 5.60 Å². The predicted molar refractivity (Wildman–Crippen MR) is 106 cm³/mol. The molecule has 0 saturated carbocycles. The van der Waals surface area contributed by atoms with Crippen molar-refractivity contribution in [1.82, 2.24) is 14.7 Å². The van der Waals surface area contributed by atoms with Gasteiger partial charge in [-0.15, -0.1) is 0 Å². The number of aliphatic hydroxyl groups is 1. The van der Waals surface area contributed by atoms with E-state index in [2.05, 4.69) is 5.10 Å². The first-order valence-electron chi connectivity index (χ1n) is 9.69. The number of piperidine rings is 1. The molecule has 1 unspecified atom stereocenters. The molecule has 1 aromatic carbocycles. The Bertz CT molecular complexity index is 946. The molecule has 1 atom stereocenters. The van der Waals surface area contributed by atoms with E-state index >= 15 is 0 Å². The van der Waals surface area contributed by atoms with Gasteiger partial charge in [0.25, 0.3) is 5.56 Å². The highest BCUT2D eigenvalue weighted by atomic mass is 35.5. The van der Waals surface area contributed by atoms with Crippen molar-refractivity contribution in [3.8, 4) is 0 Å². The summed E-state index contributed by atoms with van der Waals surface area (Å²) >= 11 is 5.94. The van der Waals surface area contributed by atoms with E-state index in [1.807, 2.05) is 17.0 Å². The van der Waals surface area contributed by atoms with Gasteiger partial charge in [0.2, 0.25) is 5.91 Å². The van der Waals surface area contributed by atoms with Gasteiger partial charge in [0.1, 0.15) is 0 Å². The third-order valence-electron chi connectivity index (χ3n) is 6.09. The summed E-state index contributed by atoms with van der Waals surface area (Å²) in [6.45, 7) is 1.05. The van der Waals surface area contributed by atoms with Gasteiger partial charge < -0.3 is 10.0 Å². The number of fused-ring (bicyclic) bond motifs is 1. The second-order valence-corrected chi connectivity index (χ2v) is 8.32. The van der Waals surface area contributed by atoms with Crippen LogP contribution in [-0.4, -0.2) is 38.8 Å². The number of nitrogens with zero attached hydrogens (tertiary/aromatic N) is 3. The lowest BCUT2D eigenvalue weighted by Gasteiger charge is -2.40. The summed E-state index contributed by atoms with van der Waals surface area (Å²) in [7, 11) is 1.65. The third-order valence-corrected chi connectivity index (χ3v) is 6.34. The average Bonchev–Trinajstić information content (AvgIpc) is 2.69. The number of likely N-dealkylation sites (tertiary alicyclic amines) is 1. The van der Waals surface area contributed by atoms with Gasteiger partial charge >= 0.3 is 0 Å². The van der Waals surface area contributed by atoms with Crippen molar-refractivity contribution in [2.24, 2.45) is 13.0 Å². The number of carbonyl (C=O) groups excluding carboxylic acids is 1. The van der Waals surface area contributed by atoms with Crippen molar-refractivity contribution in [3.05, 3.63) is 62.5 Å². The molecule has 0 radical (unpaired) electrons. The fraction of sp³-hybridized carbons (Fsp3) is 0.476. The van der Waals surface area contributed by atoms with Gasteiger partial charge in [0, 0.05) is 37.1 Å². The number of aryl methyl sites for hydroxylation is 2. The van der Waals surface area contributed by atoms with E-state index in [9.17, 15) is 14.7 Å². The first kappa shape index (κ1) is 19.2. The van der Waals surface area contributed by atoms with Gasteiger partial charge in [-0.2, -0.15) is 5.10 Å². The van der Waals surface area contributed by atoms with Crippen molar-refractivity contribution in [3.63, 3.8) is 0 Å². The molecular weight excluding hydrogens is 378 g/mol.